The number of thiophene rings is 1. The summed E-state index contributed by atoms with van der Waals surface area (Å²) in [7, 11) is 0. The first-order valence-electron chi connectivity index (χ1n) is 11.7. The van der Waals surface area contributed by atoms with Gasteiger partial charge in [0, 0.05) is 17.0 Å². The lowest BCUT2D eigenvalue weighted by Gasteiger charge is -2.16. The minimum atomic E-state index is -0.248. The van der Waals surface area contributed by atoms with Gasteiger partial charge in [-0.2, -0.15) is 0 Å². The number of Topliss-reactive ketones (excluding diaryl/α,β-unsaturated/α-hetero) is 1. The summed E-state index contributed by atoms with van der Waals surface area (Å²) in [6.07, 6.45) is 6.07. The topological polar surface area (TPSA) is 90.3 Å². The highest BCUT2D eigenvalue weighted by molar-refractivity contribution is 7.99. The summed E-state index contributed by atoms with van der Waals surface area (Å²) >= 11 is 2.87. The zero-order valence-corrected chi connectivity index (χ0v) is 20.7. The molecule has 5 rings (SSSR count). The van der Waals surface area contributed by atoms with Gasteiger partial charge in [-0.25, -0.2) is 4.98 Å². The van der Waals surface area contributed by atoms with Crippen LogP contribution in [0, 0.1) is 0 Å². The Morgan fingerprint density at radius 2 is 2.06 bits per heavy atom. The van der Waals surface area contributed by atoms with Crippen LogP contribution >= 0.6 is 23.1 Å². The Balaban J connectivity index is 1.43. The monoisotopic (exact) mass is 497 g/mol. The number of hydrogen-bond acceptors (Lipinski definition) is 7. The fourth-order valence-electron chi connectivity index (χ4n) is 4.70. The van der Waals surface area contributed by atoms with Gasteiger partial charge in [0.2, 0.25) is 5.91 Å². The number of aromatic nitrogens is 2. The third-order valence-electron chi connectivity index (χ3n) is 6.36. The first kappa shape index (κ1) is 23.3. The zero-order valence-electron chi connectivity index (χ0n) is 19.1. The maximum absolute atomic E-state index is 13.6. The Hall–Kier alpha value is -2.49. The number of anilines is 1. The minimum absolute atomic E-state index is 0.0120. The van der Waals surface area contributed by atoms with Crippen LogP contribution in [0.25, 0.3) is 10.2 Å². The molecule has 3 heterocycles. The van der Waals surface area contributed by atoms with Gasteiger partial charge in [-0.1, -0.05) is 23.9 Å². The van der Waals surface area contributed by atoms with Gasteiger partial charge in [-0.05, 0) is 63.1 Å². The number of ether oxygens (including phenoxy) is 1. The van der Waals surface area contributed by atoms with Crippen LogP contribution in [0.5, 0.6) is 0 Å². The van der Waals surface area contributed by atoms with Gasteiger partial charge in [0.15, 0.2) is 10.9 Å². The number of nitrogens with zero attached hydrogens (tertiary/aromatic N) is 2. The van der Waals surface area contributed by atoms with E-state index < -0.39 is 0 Å². The Kier molecular flexibility index (Phi) is 6.85. The molecule has 1 atom stereocenters. The summed E-state index contributed by atoms with van der Waals surface area (Å²) < 4.78 is 7.52. The summed E-state index contributed by atoms with van der Waals surface area (Å²) in [4.78, 5) is 45.2. The largest absolute Gasteiger partial charge is 0.376 e. The van der Waals surface area contributed by atoms with Crippen molar-refractivity contribution in [3.05, 3.63) is 50.6 Å². The SMILES string of the molecule is CC(=O)c1ccccc1NC(=O)CSc1nc2sc3c(c2c(=O)n1CC1CCCO1)CCCC3. The summed E-state index contributed by atoms with van der Waals surface area (Å²) in [5, 5.41) is 4.12. The van der Waals surface area contributed by atoms with E-state index in [0.717, 1.165) is 48.7 Å². The Morgan fingerprint density at radius 1 is 1.24 bits per heavy atom. The van der Waals surface area contributed by atoms with E-state index >= 15 is 0 Å². The molecule has 1 saturated heterocycles. The third kappa shape index (κ3) is 4.69. The summed E-state index contributed by atoms with van der Waals surface area (Å²) in [5.41, 5.74) is 2.11. The third-order valence-corrected chi connectivity index (χ3v) is 8.52. The van der Waals surface area contributed by atoms with Crippen molar-refractivity contribution in [1.29, 1.82) is 0 Å². The predicted octanol–water partition coefficient (Wildman–Crippen LogP) is 4.45. The lowest BCUT2D eigenvalue weighted by Crippen LogP contribution is -2.29. The van der Waals surface area contributed by atoms with Gasteiger partial charge in [0.1, 0.15) is 4.83 Å². The molecule has 0 radical (unpaired) electrons. The molecular weight excluding hydrogens is 470 g/mol. The quantitative estimate of drug-likeness (QED) is 0.295. The normalized spacial score (nSPS) is 17.6. The molecule has 9 heteroatoms. The number of fused-ring (bicyclic) bond motifs is 3. The van der Waals surface area contributed by atoms with Crippen molar-refractivity contribution in [1.82, 2.24) is 9.55 Å². The number of para-hydroxylation sites is 1. The van der Waals surface area contributed by atoms with Crippen LogP contribution in [0.3, 0.4) is 0 Å². The Labute approximate surface area is 205 Å². The molecule has 1 aromatic carbocycles. The van der Waals surface area contributed by atoms with Crippen molar-refractivity contribution < 1.29 is 14.3 Å². The molecule has 0 bridgehead atoms. The summed E-state index contributed by atoms with van der Waals surface area (Å²) in [6, 6.07) is 6.96. The summed E-state index contributed by atoms with van der Waals surface area (Å²) in [5.74, 6) is -0.272. The maximum Gasteiger partial charge on any atom is 0.263 e. The highest BCUT2D eigenvalue weighted by Gasteiger charge is 2.25. The van der Waals surface area contributed by atoms with Crippen LogP contribution in [0.2, 0.25) is 0 Å². The van der Waals surface area contributed by atoms with Crippen molar-refractivity contribution in [2.24, 2.45) is 0 Å². The lowest BCUT2D eigenvalue weighted by molar-refractivity contribution is -0.113. The first-order valence-corrected chi connectivity index (χ1v) is 13.5. The molecule has 3 aromatic rings. The van der Waals surface area contributed by atoms with Crippen LogP contribution in [-0.2, 0) is 28.9 Å². The van der Waals surface area contributed by atoms with Gasteiger partial charge in [0.25, 0.3) is 5.56 Å². The van der Waals surface area contributed by atoms with Crippen LogP contribution in [0.15, 0.2) is 34.2 Å². The van der Waals surface area contributed by atoms with E-state index in [1.54, 1.807) is 40.2 Å². The number of hydrogen-bond donors (Lipinski definition) is 1. The van der Waals surface area contributed by atoms with Crippen LogP contribution in [0.4, 0.5) is 5.69 Å². The number of amides is 1. The number of nitrogens with one attached hydrogen (secondary N) is 1. The number of thioether (sulfide) groups is 1. The number of aryl methyl sites for hydroxylation is 2. The molecule has 2 aromatic heterocycles. The fourth-order valence-corrected chi connectivity index (χ4v) is 6.81. The number of rotatable bonds is 7. The van der Waals surface area contributed by atoms with Crippen LogP contribution < -0.4 is 10.9 Å². The highest BCUT2D eigenvalue weighted by Crippen LogP contribution is 2.35. The Morgan fingerprint density at radius 3 is 2.85 bits per heavy atom. The Bertz CT molecular complexity index is 1310. The van der Waals surface area contributed by atoms with E-state index in [1.165, 1.54) is 29.1 Å². The molecule has 34 heavy (non-hydrogen) atoms. The standard InChI is InChI=1S/C25H27N3O4S2/c1-15(29)17-8-2-4-10-19(17)26-21(30)14-33-25-27-23-22(18-9-3-5-11-20(18)34-23)24(31)28(25)13-16-7-6-12-32-16/h2,4,8,10,16H,3,5-7,9,11-14H2,1H3,(H,26,30). The van der Waals surface area contributed by atoms with Crippen molar-refractivity contribution >= 4 is 50.7 Å². The maximum atomic E-state index is 13.6. The van der Waals surface area contributed by atoms with Crippen LogP contribution in [-0.4, -0.2) is 39.7 Å². The number of benzene rings is 1. The number of ketones is 1. The molecule has 2 aliphatic rings. The molecule has 1 unspecified atom stereocenters. The highest BCUT2D eigenvalue weighted by atomic mass is 32.2. The second kappa shape index (κ2) is 10.0. The van der Waals surface area contributed by atoms with Crippen molar-refractivity contribution in [2.75, 3.05) is 17.7 Å². The average Bonchev–Trinajstić information content (AvgIpc) is 3.47. The van der Waals surface area contributed by atoms with Gasteiger partial charge in [-0.3, -0.25) is 19.0 Å². The van der Waals surface area contributed by atoms with Gasteiger partial charge in [0.05, 0.1) is 29.5 Å². The molecule has 0 spiro atoms. The average molecular weight is 498 g/mol. The second-order valence-electron chi connectivity index (χ2n) is 8.77. The molecule has 178 valence electrons. The smallest absolute Gasteiger partial charge is 0.263 e. The van der Waals surface area contributed by atoms with Crippen LogP contribution in [0.1, 0.15) is 53.4 Å². The molecule has 1 aliphatic carbocycles. The van der Waals surface area contributed by atoms with Gasteiger partial charge < -0.3 is 10.1 Å². The molecule has 0 saturated carbocycles. The minimum Gasteiger partial charge on any atom is -0.376 e. The van der Waals surface area contributed by atoms with E-state index in [-0.39, 0.29) is 29.1 Å². The fraction of sp³-hybridized carbons (Fsp3) is 0.440. The second-order valence-corrected chi connectivity index (χ2v) is 10.8. The molecule has 1 amide bonds. The zero-order chi connectivity index (χ0) is 23.7. The lowest BCUT2D eigenvalue weighted by atomic mass is 9.97. The van der Waals surface area contributed by atoms with Crippen molar-refractivity contribution in [2.45, 2.75) is 63.3 Å². The van der Waals surface area contributed by atoms with Gasteiger partial charge >= 0.3 is 0 Å². The molecule has 1 fully saturated rings. The van der Waals surface area contributed by atoms with E-state index in [9.17, 15) is 14.4 Å². The van der Waals surface area contributed by atoms with Gasteiger partial charge in [-0.15, -0.1) is 11.3 Å². The van der Waals surface area contributed by atoms with E-state index in [1.807, 2.05) is 0 Å². The molecule has 1 N–H and O–H groups in total. The van der Waals surface area contributed by atoms with E-state index in [0.29, 0.717) is 29.6 Å². The van der Waals surface area contributed by atoms with E-state index in [4.69, 9.17) is 9.72 Å². The van der Waals surface area contributed by atoms with E-state index in [2.05, 4.69) is 5.32 Å². The van der Waals surface area contributed by atoms with Crippen molar-refractivity contribution in [3.63, 3.8) is 0 Å². The predicted molar refractivity (Wildman–Crippen MR) is 135 cm³/mol. The molecular formula is C25H27N3O4S2. The summed E-state index contributed by atoms with van der Waals surface area (Å²) in [6.45, 7) is 2.64. The molecule has 1 aliphatic heterocycles. The number of carbonyl (C=O) groups is 2. The molecule has 7 nitrogen and oxygen atoms in total. The van der Waals surface area contributed by atoms with Crippen molar-refractivity contribution in [3.8, 4) is 0 Å². The first-order chi connectivity index (χ1) is 16.5. The number of carbonyl (C=O) groups excluding carboxylic acids is 2.